The van der Waals surface area contributed by atoms with Crippen molar-refractivity contribution in [3.8, 4) is 0 Å². The molecule has 0 aromatic heterocycles. The summed E-state index contributed by atoms with van der Waals surface area (Å²) in [6.45, 7) is 1.85. The molecule has 1 aromatic carbocycles. The van der Waals surface area contributed by atoms with E-state index in [2.05, 4.69) is 0 Å². The van der Waals surface area contributed by atoms with Crippen molar-refractivity contribution in [2.75, 3.05) is 0 Å². The Bertz CT molecular complexity index is 458. The van der Waals surface area contributed by atoms with Crippen LogP contribution in [0, 0.1) is 6.92 Å². The monoisotopic (exact) mass is 235 g/mol. The summed E-state index contributed by atoms with van der Waals surface area (Å²) in [5.41, 5.74) is 1.28. The summed E-state index contributed by atoms with van der Waals surface area (Å²) < 4.78 is 0. The lowest BCUT2D eigenvalue weighted by molar-refractivity contribution is -0.191. The average molecular weight is 235 g/mol. The van der Waals surface area contributed by atoms with Gasteiger partial charge in [0.1, 0.15) is 0 Å². The number of amides is 1. The van der Waals surface area contributed by atoms with E-state index in [0.717, 1.165) is 10.6 Å². The van der Waals surface area contributed by atoms with Crippen molar-refractivity contribution in [3.63, 3.8) is 0 Å². The van der Waals surface area contributed by atoms with Crippen LogP contribution in [0.5, 0.6) is 0 Å². The van der Waals surface area contributed by atoms with Gasteiger partial charge in [-0.25, -0.2) is 4.79 Å². The van der Waals surface area contributed by atoms with Crippen LogP contribution < -0.4 is 0 Å². The molecule has 1 saturated heterocycles. The average Bonchev–Trinajstić information content (AvgIpc) is 2.61. The summed E-state index contributed by atoms with van der Waals surface area (Å²) in [5.74, 6) is -1.01. The predicted octanol–water partition coefficient (Wildman–Crippen LogP) is 1.01. The standard InChI is InChI=1S/C12H13NO4/c1-8-3-2-4-9(7-8)12(16)17-13-10(14)5-6-11(13)15/h2-4,7,10,14H,5-6H2,1H3. The first kappa shape index (κ1) is 11.6. The Balaban J connectivity index is 2.09. The van der Waals surface area contributed by atoms with E-state index in [1.165, 1.54) is 0 Å². The van der Waals surface area contributed by atoms with Crippen LogP contribution in [0.15, 0.2) is 24.3 Å². The van der Waals surface area contributed by atoms with Crippen LogP contribution in [-0.2, 0) is 9.63 Å². The van der Waals surface area contributed by atoms with Gasteiger partial charge in [-0.3, -0.25) is 4.79 Å². The van der Waals surface area contributed by atoms with Crippen molar-refractivity contribution in [2.24, 2.45) is 0 Å². The maximum atomic E-state index is 11.7. The highest BCUT2D eigenvalue weighted by molar-refractivity contribution is 5.90. The third-order valence-electron chi connectivity index (χ3n) is 2.57. The topological polar surface area (TPSA) is 66.8 Å². The van der Waals surface area contributed by atoms with Gasteiger partial charge >= 0.3 is 5.97 Å². The lowest BCUT2D eigenvalue weighted by Gasteiger charge is -2.18. The Morgan fingerprint density at radius 1 is 1.53 bits per heavy atom. The number of hydroxylamine groups is 2. The molecule has 0 saturated carbocycles. The third kappa shape index (κ3) is 2.45. The molecule has 1 aliphatic heterocycles. The quantitative estimate of drug-likeness (QED) is 0.830. The third-order valence-corrected chi connectivity index (χ3v) is 2.57. The van der Waals surface area contributed by atoms with Gasteiger partial charge in [0.25, 0.3) is 5.91 Å². The molecular formula is C12H13NO4. The SMILES string of the molecule is Cc1cccc(C(=O)ON2C(=O)CCC2O)c1. The normalized spacial score (nSPS) is 19.5. The fraction of sp³-hybridized carbons (Fsp3) is 0.333. The number of nitrogens with zero attached hydrogens (tertiary/aromatic N) is 1. The van der Waals surface area contributed by atoms with Gasteiger partial charge in [0.05, 0.1) is 5.56 Å². The second-order valence-electron chi connectivity index (χ2n) is 3.99. The van der Waals surface area contributed by atoms with Crippen LogP contribution >= 0.6 is 0 Å². The molecule has 1 fully saturated rings. The Labute approximate surface area is 98.6 Å². The highest BCUT2D eigenvalue weighted by atomic mass is 16.7. The number of carbonyl (C=O) groups excluding carboxylic acids is 2. The molecule has 90 valence electrons. The first-order chi connectivity index (χ1) is 8.08. The molecule has 1 atom stereocenters. The molecule has 1 amide bonds. The molecule has 5 nitrogen and oxygen atoms in total. The second kappa shape index (κ2) is 4.55. The highest BCUT2D eigenvalue weighted by Crippen LogP contribution is 2.18. The van der Waals surface area contributed by atoms with Gasteiger partial charge in [-0.05, 0) is 19.1 Å². The largest absolute Gasteiger partial charge is 0.370 e. The van der Waals surface area contributed by atoms with E-state index in [9.17, 15) is 14.7 Å². The van der Waals surface area contributed by atoms with Gasteiger partial charge in [-0.2, -0.15) is 0 Å². The molecule has 1 heterocycles. The number of benzene rings is 1. The Hall–Kier alpha value is -1.88. The molecule has 0 bridgehead atoms. The van der Waals surface area contributed by atoms with E-state index >= 15 is 0 Å². The maximum absolute atomic E-state index is 11.7. The highest BCUT2D eigenvalue weighted by Gasteiger charge is 2.33. The molecule has 1 N–H and O–H groups in total. The summed E-state index contributed by atoms with van der Waals surface area (Å²) in [6.07, 6.45) is -0.543. The molecule has 2 rings (SSSR count). The Kier molecular flexibility index (Phi) is 3.10. The van der Waals surface area contributed by atoms with Gasteiger partial charge in [-0.15, -0.1) is 5.06 Å². The second-order valence-corrected chi connectivity index (χ2v) is 3.99. The van der Waals surface area contributed by atoms with E-state index < -0.39 is 12.2 Å². The van der Waals surface area contributed by atoms with E-state index in [1.807, 2.05) is 13.0 Å². The zero-order chi connectivity index (χ0) is 12.4. The first-order valence-electron chi connectivity index (χ1n) is 5.37. The smallest absolute Gasteiger partial charge is 0.363 e. The molecule has 1 aromatic rings. The minimum Gasteiger partial charge on any atom is -0.370 e. The number of hydrogen-bond acceptors (Lipinski definition) is 4. The summed E-state index contributed by atoms with van der Waals surface area (Å²) in [4.78, 5) is 27.9. The van der Waals surface area contributed by atoms with E-state index in [4.69, 9.17) is 4.84 Å². The number of carbonyl (C=O) groups is 2. The lowest BCUT2D eigenvalue weighted by atomic mass is 10.1. The molecule has 0 aliphatic carbocycles. The number of aliphatic hydroxyl groups is 1. The lowest BCUT2D eigenvalue weighted by Crippen LogP contribution is -2.35. The molecule has 1 unspecified atom stereocenters. The minimum atomic E-state index is -1.03. The summed E-state index contributed by atoms with van der Waals surface area (Å²) in [7, 11) is 0. The summed E-state index contributed by atoms with van der Waals surface area (Å²) in [6, 6.07) is 6.85. The van der Waals surface area contributed by atoms with Crippen LogP contribution in [0.1, 0.15) is 28.8 Å². The fourth-order valence-corrected chi connectivity index (χ4v) is 1.67. The van der Waals surface area contributed by atoms with Gasteiger partial charge in [-0.1, -0.05) is 17.7 Å². The first-order valence-corrected chi connectivity index (χ1v) is 5.37. The van der Waals surface area contributed by atoms with Crippen LogP contribution in [0.3, 0.4) is 0 Å². The molecule has 0 radical (unpaired) electrons. The molecule has 5 heteroatoms. The molecular weight excluding hydrogens is 222 g/mol. The Morgan fingerprint density at radius 3 is 2.88 bits per heavy atom. The van der Waals surface area contributed by atoms with Crippen molar-refractivity contribution in [3.05, 3.63) is 35.4 Å². The molecule has 17 heavy (non-hydrogen) atoms. The van der Waals surface area contributed by atoms with Crippen molar-refractivity contribution in [1.82, 2.24) is 5.06 Å². The molecule has 0 spiro atoms. The summed E-state index contributed by atoms with van der Waals surface area (Å²) >= 11 is 0. The van der Waals surface area contributed by atoms with Crippen LogP contribution in [0.25, 0.3) is 0 Å². The van der Waals surface area contributed by atoms with Gasteiger partial charge in [0.2, 0.25) is 0 Å². The van der Waals surface area contributed by atoms with Crippen molar-refractivity contribution >= 4 is 11.9 Å². The molecule has 1 aliphatic rings. The number of hydrogen-bond donors (Lipinski definition) is 1. The number of aliphatic hydroxyl groups excluding tert-OH is 1. The number of aryl methyl sites for hydroxylation is 1. The summed E-state index contributed by atoms with van der Waals surface area (Å²) in [5, 5.41) is 10.2. The van der Waals surface area contributed by atoms with E-state index in [1.54, 1.807) is 18.2 Å². The van der Waals surface area contributed by atoms with Crippen LogP contribution in [-0.4, -0.2) is 28.3 Å². The number of rotatable bonds is 2. The van der Waals surface area contributed by atoms with E-state index in [-0.39, 0.29) is 12.3 Å². The van der Waals surface area contributed by atoms with Crippen LogP contribution in [0.4, 0.5) is 0 Å². The van der Waals surface area contributed by atoms with Crippen molar-refractivity contribution < 1.29 is 19.5 Å². The predicted molar refractivity (Wildman–Crippen MR) is 58.7 cm³/mol. The van der Waals surface area contributed by atoms with Gasteiger partial charge in [0, 0.05) is 12.8 Å². The zero-order valence-corrected chi connectivity index (χ0v) is 9.42. The van der Waals surface area contributed by atoms with Crippen molar-refractivity contribution in [2.45, 2.75) is 26.0 Å². The van der Waals surface area contributed by atoms with E-state index in [0.29, 0.717) is 12.0 Å². The Morgan fingerprint density at radius 2 is 2.29 bits per heavy atom. The maximum Gasteiger partial charge on any atom is 0.363 e. The minimum absolute atomic E-state index is 0.197. The van der Waals surface area contributed by atoms with Crippen molar-refractivity contribution in [1.29, 1.82) is 0 Å². The van der Waals surface area contributed by atoms with Gasteiger partial charge in [0.15, 0.2) is 6.23 Å². The van der Waals surface area contributed by atoms with Gasteiger partial charge < -0.3 is 9.94 Å². The van der Waals surface area contributed by atoms with Crippen LogP contribution in [0.2, 0.25) is 0 Å². The zero-order valence-electron chi connectivity index (χ0n) is 9.42. The fourth-order valence-electron chi connectivity index (χ4n) is 1.67.